The molecule has 1 amide bonds. The molecular weight excluding hydrogens is 374 g/mol. The second-order valence-corrected chi connectivity index (χ2v) is 6.28. The number of hydrogen-bond donors (Lipinski definition) is 2. The summed E-state index contributed by atoms with van der Waals surface area (Å²) in [6.45, 7) is 0. The summed E-state index contributed by atoms with van der Waals surface area (Å²) in [7, 11) is 1.58. The Morgan fingerprint density at radius 3 is 3.00 bits per heavy atom. The first-order chi connectivity index (χ1) is 10.5. The van der Waals surface area contributed by atoms with Gasteiger partial charge in [-0.2, -0.15) is 5.10 Å². The zero-order chi connectivity index (χ0) is 16.1. The van der Waals surface area contributed by atoms with E-state index in [2.05, 4.69) is 31.4 Å². The van der Waals surface area contributed by atoms with Crippen LogP contribution >= 0.6 is 27.7 Å². The minimum absolute atomic E-state index is 0.245. The third-order valence-electron chi connectivity index (χ3n) is 2.67. The monoisotopic (exact) mass is 385 g/mol. The van der Waals surface area contributed by atoms with Crippen molar-refractivity contribution in [1.29, 1.82) is 0 Å². The second-order valence-electron chi connectivity index (χ2n) is 4.24. The quantitative estimate of drug-likeness (QED) is 0.594. The van der Waals surface area contributed by atoms with E-state index in [9.17, 15) is 9.59 Å². The van der Waals surface area contributed by atoms with Gasteiger partial charge in [-0.1, -0.05) is 11.8 Å². The number of methoxy groups -OCH3 is 1. The standard InChI is InChI=1S/C13H12BrN3O4S/c1-21-9-3-2-7(4-8(9)14)6-15-17-13-16-12(20)10(22-13)5-11(18)19/h2-4,6,10H,5H2,1H3,(H,18,19)(H,16,17,20). The maximum atomic E-state index is 11.5. The Labute approximate surface area is 139 Å². The minimum Gasteiger partial charge on any atom is -0.496 e. The topological polar surface area (TPSA) is 100 Å². The maximum absolute atomic E-state index is 11.5. The van der Waals surface area contributed by atoms with Crippen LogP contribution in [0.3, 0.4) is 0 Å². The molecule has 9 heteroatoms. The van der Waals surface area contributed by atoms with Gasteiger partial charge in [0.1, 0.15) is 11.0 Å². The van der Waals surface area contributed by atoms with E-state index in [1.54, 1.807) is 19.2 Å². The number of nitrogens with zero attached hydrogens (tertiary/aromatic N) is 2. The molecule has 2 N–H and O–H groups in total. The third kappa shape index (κ3) is 4.31. The Kier molecular flexibility index (Phi) is 5.56. The number of amides is 1. The molecule has 1 atom stereocenters. The molecule has 2 rings (SSSR count). The first kappa shape index (κ1) is 16.5. The molecule has 1 unspecified atom stereocenters. The van der Waals surface area contributed by atoms with Crippen molar-refractivity contribution in [2.45, 2.75) is 11.7 Å². The number of benzene rings is 1. The molecule has 1 aromatic rings. The Balaban J connectivity index is 2.01. The van der Waals surface area contributed by atoms with E-state index in [1.165, 1.54) is 6.21 Å². The van der Waals surface area contributed by atoms with Crippen LogP contribution in [0.5, 0.6) is 5.75 Å². The van der Waals surface area contributed by atoms with Gasteiger partial charge < -0.3 is 15.2 Å². The summed E-state index contributed by atoms with van der Waals surface area (Å²) < 4.78 is 5.91. The Bertz CT molecular complexity index is 663. The van der Waals surface area contributed by atoms with Gasteiger partial charge in [0.05, 0.1) is 24.2 Å². The number of carbonyl (C=O) groups excluding carboxylic acids is 1. The van der Waals surface area contributed by atoms with Crippen LogP contribution in [0.15, 0.2) is 32.9 Å². The molecule has 116 valence electrons. The van der Waals surface area contributed by atoms with E-state index < -0.39 is 11.2 Å². The molecule has 1 aromatic carbocycles. The van der Waals surface area contributed by atoms with Crippen molar-refractivity contribution in [2.24, 2.45) is 10.2 Å². The van der Waals surface area contributed by atoms with Gasteiger partial charge in [-0.3, -0.25) is 9.59 Å². The number of thioether (sulfide) groups is 1. The molecule has 0 saturated carbocycles. The van der Waals surface area contributed by atoms with Crippen LogP contribution in [-0.4, -0.2) is 40.7 Å². The van der Waals surface area contributed by atoms with Crippen LogP contribution in [0.25, 0.3) is 0 Å². The number of carboxylic acids is 1. The predicted octanol–water partition coefficient (Wildman–Crippen LogP) is 1.85. The number of aliphatic carboxylic acids is 1. The molecule has 22 heavy (non-hydrogen) atoms. The largest absolute Gasteiger partial charge is 0.496 e. The fraction of sp³-hybridized carbons (Fsp3) is 0.231. The van der Waals surface area contributed by atoms with Crippen LogP contribution in [-0.2, 0) is 9.59 Å². The van der Waals surface area contributed by atoms with Gasteiger partial charge in [-0.15, -0.1) is 5.10 Å². The molecule has 1 aliphatic heterocycles. The smallest absolute Gasteiger partial charge is 0.305 e. The van der Waals surface area contributed by atoms with Crippen LogP contribution in [0.1, 0.15) is 12.0 Å². The summed E-state index contributed by atoms with van der Waals surface area (Å²) in [6.07, 6.45) is 1.28. The molecule has 1 saturated heterocycles. The van der Waals surface area contributed by atoms with E-state index in [0.29, 0.717) is 10.9 Å². The Morgan fingerprint density at radius 1 is 1.59 bits per heavy atom. The van der Waals surface area contributed by atoms with Gasteiger partial charge in [0.25, 0.3) is 0 Å². The second kappa shape index (κ2) is 7.41. The number of rotatable bonds is 5. The Hall–Kier alpha value is -1.87. The minimum atomic E-state index is -1.03. The van der Waals surface area contributed by atoms with Gasteiger partial charge in [0.15, 0.2) is 5.17 Å². The van der Waals surface area contributed by atoms with Crippen LogP contribution in [0, 0.1) is 0 Å². The van der Waals surface area contributed by atoms with Gasteiger partial charge >= 0.3 is 5.97 Å². The fourth-order valence-electron chi connectivity index (χ4n) is 1.66. The lowest BCUT2D eigenvalue weighted by Gasteiger charge is -2.02. The normalized spacial score (nSPS) is 19.6. The fourth-order valence-corrected chi connectivity index (χ4v) is 3.13. The average Bonchev–Trinajstić information content (AvgIpc) is 2.78. The van der Waals surface area contributed by atoms with Crippen molar-refractivity contribution in [3.05, 3.63) is 28.2 Å². The zero-order valence-electron chi connectivity index (χ0n) is 11.4. The lowest BCUT2D eigenvalue weighted by molar-refractivity contribution is -0.138. The summed E-state index contributed by atoms with van der Waals surface area (Å²) >= 11 is 4.42. The van der Waals surface area contributed by atoms with Crippen molar-refractivity contribution in [2.75, 3.05) is 7.11 Å². The average molecular weight is 386 g/mol. The summed E-state index contributed by atoms with van der Waals surface area (Å²) in [6, 6.07) is 5.41. The van der Waals surface area contributed by atoms with E-state index in [0.717, 1.165) is 21.8 Å². The number of carbonyl (C=O) groups is 2. The lowest BCUT2D eigenvalue weighted by atomic mass is 10.2. The first-order valence-corrected chi connectivity index (χ1v) is 7.80. The SMILES string of the molecule is COc1ccc(C=N/N=C2\NC(=O)C(CC(=O)O)S2)cc1Br. The van der Waals surface area contributed by atoms with E-state index in [1.807, 2.05) is 6.07 Å². The number of carboxylic acid groups (broad SMARTS) is 1. The highest BCUT2D eigenvalue weighted by Gasteiger charge is 2.32. The highest BCUT2D eigenvalue weighted by molar-refractivity contribution is 9.10. The maximum Gasteiger partial charge on any atom is 0.305 e. The number of halogens is 1. The number of nitrogens with one attached hydrogen (secondary N) is 1. The molecule has 0 spiro atoms. The highest BCUT2D eigenvalue weighted by Crippen LogP contribution is 2.25. The van der Waals surface area contributed by atoms with Gasteiger partial charge in [-0.05, 0) is 39.7 Å². The molecule has 1 heterocycles. The third-order valence-corrected chi connectivity index (χ3v) is 4.36. The molecule has 7 nitrogen and oxygen atoms in total. The highest BCUT2D eigenvalue weighted by atomic mass is 79.9. The summed E-state index contributed by atoms with van der Waals surface area (Å²) in [5.74, 6) is -0.687. The van der Waals surface area contributed by atoms with Crippen molar-refractivity contribution < 1.29 is 19.4 Å². The van der Waals surface area contributed by atoms with Gasteiger partial charge in [0.2, 0.25) is 5.91 Å². The molecule has 1 aliphatic rings. The summed E-state index contributed by atoms with van der Waals surface area (Å²) in [5, 5.41) is 18.6. The summed E-state index contributed by atoms with van der Waals surface area (Å²) in [4.78, 5) is 22.1. The first-order valence-electron chi connectivity index (χ1n) is 6.13. The Morgan fingerprint density at radius 2 is 2.36 bits per heavy atom. The van der Waals surface area contributed by atoms with E-state index in [-0.39, 0.29) is 12.3 Å². The molecule has 0 bridgehead atoms. The van der Waals surface area contributed by atoms with Crippen molar-refractivity contribution >= 4 is 51.0 Å². The van der Waals surface area contributed by atoms with Crippen molar-refractivity contribution in [3.63, 3.8) is 0 Å². The predicted molar refractivity (Wildman–Crippen MR) is 87.5 cm³/mol. The molecular formula is C13H12BrN3O4S. The molecule has 0 aromatic heterocycles. The van der Waals surface area contributed by atoms with Crippen LogP contribution in [0.2, 0.25) is 0 Å². The molecule has 0 radical (unpaired) electrons. The van der Waals surface area contributed by atoms with E-state index in [4.69, 9.17) is 9.84 Å². The van der Waals surface area contributed by atoms with Crippen molar-refractivity contribution in [3.8, 4) is 5.75 Å². The molecule has 0 aliphatic carbocycles. The molecule has 1 fully saturated rings. The van der Waals surface area contributed by atoms with Gasteiger partial charge in [0, 0.05) is 0 Å². The lowest BCUT2D eigenvalue weighted by Crippen LogP contribution is -2.26. The zero-order valence-corrected chi connectivity index (χ0v) is 13.8. The summed E-state index contributed by atoms with van der Waals surface area (Å²) in [5.41, 5.74) is 0.799. The number of ether oxygens (including phenoxy) is 1. The van der Waals surface area contributed by atoms with Crippen molar-refractivity contribution in [1.82, 2.24) is 5.32 Å². The van der Waals surface area contributed by atoms with E-state index >= 15 is 0 Å². The number of hydrogen-bond acceptors (Lipinski definition) is 6. The van der Waals surface area contributed by atoms with Gasteiger partial charge in [-0.25, -0.2) is 0 Å². The van der Waals surface area contributed by atoms with Crippen LogP contribution < -0.4 is 10.1 Å². The number of amidine groups is 1. The van der Waals surface area contributed by atoms with Crippen LogP contribution in [0.4, 0.5) is 0 Å².